The second-order valence-electron chi connectivity index (χ2n) is 5.29. The Kier molecular flexibility index (Phi) is 8.95. The second kappa shape index (κ2) is 10.8. The van der Waals surface area contributed by atoms with E-state index < -0.39 is 0 Å². The van der Waals surface area contributed by atoms with Crippen LogP contribution in [0.1, 0.15) is 52.1 Å². The van der Waals surface area contributed by atoms with E-state index in [0.717, 1.165) is 42.4 Å². The first-order chi connectivity index (χ1) is 11.2. The van der Waals surface area contributed by atoms with Crippen LogP contribution in [0.5, 0.6) is 11.5 Å². The molecule has 0 bridgehead atoms. The number of guanidine groups is 1. The molecule has 0 amide bonds. The van der Waals surface area contributed by atoms with Gasteiger partial charge in [-0.05, 0) is 44.9 Å². The van der Waals surface area contributed by atoms with Crippen LogP contribution in [-0.4, -0.2) is 32.8 Å². The van der Waals surface area contributed by atoms with Gasteiger partial charge in [0.1, 0.15) is 0 Å². The molecule has 1 aromatic carbocycles. The summed E-state index contributed by atoms with van der Waals surface area (Å²) in [5.74, 6) is 2.39. The van der Waals surface area contributed by atoms with E-state index in [0.29, 0.717) is 13.2 Å². The third-order valence-electron chi connectivity index (χ3n) is 3.47. The van der Waals surface area contributed by atoms with Crippen molar-refractivity contribution >= 4 is 5.96 Å². The Bertz CT molecular complexity index is 489. The van der Waals surface area contributed by atoms with Gasteiger partial charge in [0.05, 0.1) is 19.3 Å². The molecule has 0 aromatic heterocycles. The Balaban J connectivity index is 2.77. The number of rotatable bonds is 9. The lowest BCUT2D eigenvalue weighted by Gasteiger charge is -2.20. The molecule has 1 unspecified atom stereocenters. The van der Waals surface area contributed by atoms with E-state index in [1.165, 1.54) is 0 Å². The predicted molar refractivity (Wildman–Crippen MR) is 96.6 cm³/mol. The maximum atomic E-state index is 5.69. The summed E-state index contributed by atoms with van der Waals surface area (Å²) < 4.78 is 11.3. The Morgan fingerprint density at radius 2 is 1.83 bits per heavy atom. The molecule has 0 aliphatic rings. The minimum Gasteiger partial charge on any atom is -0.490 e. The normalized spacial score (nSPS) is 12.7. The molecule has 23 heavy (non-hydrogen) atoms. The van der Waals surface area contributed by atoms with Gasteiger partial charge in [0, 0.05) is 13.6 Å². The lowest BCUT2D eigenvalue weighted by Crippen LogP contribution is -2.39. The van der Waals surface area contributed by atoms with Gasteiger partial charge >= 0.3 is 0 Å². The molecule has 0 fully saturated rings. The van der Waals surface area contributed by atoms with Crippen molar-refractivity contribution < 1.29 is 9.47 Å². The summed E-state index contributed by atoms with van der Waals surface area (Å²) in [7, 11) is 1.79. The molecule has 0 aliphatic heterocycles. The SMILES string of the molecule is CCCCNC(=NC)NC(C)c1ccc(OCC)c(OCC)c1. The third-order valence-corrected chi connectivity index (χ3v) is 3.47. The van der Waals surface area contributed by atoms with Gasteiger partial charge in [-0.1, -0.05) is 19.4 Å². The van der Waals surface area contributed by atoms with Crippen LogP contribution in [0.4, 0.5) is 0 Å². The Morgan fingerprint density at radius 1 is 1.13 bits per heavy atom. The smallest absolute Gasteiger partial charge is 0.191 e. The molecule has 0 aliphatic carbocycles. The molecule has 0 saturated heterocycles. The van der Waals surface area contributed by atoms with Crippen LogP contribution in [0.25, 0.3) is 0 Å². The Labute approximate surface area is 140 Å². The number of hydrogen-bond donors (Lipinski definition) is 2. The topological polar surface area (TPSA) is 54.9 Å². The lowest BCUT2D eigenvalue weighted by molar-refractivity contribution is 0.287. The molecule has 0 spiro atoms. The van der Waals surface area contributed by atoms with Crippen molar-refractivity contribution in [2.75, 3.05) is 26.8 Å². The Hall–Kier alpha value is -1.91. The van der Waals surface area contributed by atoms with E-state index in [1.54, 1.807) is 7.05 Å². The summed E-state index contributed by atoms with van der Waals surface area (Å²) in [6, 6.07) is 6.18. The molecule has 130 valence electrons. The highest BCUT2D eigenvalue weighted by molar-refractivity contribution is 5.80. The summed E-state index contributed by atoms with van der Waals surface area (Å²) in [5.41, 5.74) is 1.13. The first-order valence-corrected chi connectivity index (χ1v) is 8.52. The molecule has 0 saturated carbocycles. The minimum absolute atomic E-state index is 0.123. The van der Waals surface area contributed by atoms with Gasteiger partial charge in [-0.25, -0.2) is 0 Å². The van der Waals surface area contributed by atoms with Crippen LogP contribution in [0.15, 0.2) is 23.2 Å². The van der Waals surface area contributed by atoms with E-state index in [2.05, 4.69) is 35.5 Å². The number of aliphatic imine (C=N–C) groups is 1. The maximum Gasteiger partial charge on any atom is 0.191 e. The van der Waals surface area contributed by atoms with Crippen molar-refractivity contribution in [3.63, 3.8) is 0 Å². The number of ether oxygens (including phenoxy) is 2. The molecule has 0 heterocycles. The first-order valence-electron chi connectivity index (χ1n) is 8.52. The molecule has 0 radical (unpaired) electrons. The summed E-state index contributed by atoms with van der Waals surface area (Å²) in [6.45, 7) is 10.4. The van der Waals surface area contributed by atoms with Crippen molar-refractivity contribution in [1.29, 1.82) is 0 Å². The van der Waals surface area contributed by atoms with Crippen molar-refractivity contribution in [2.45, 2.75) is 46.6 Å². The van der Waals surface area contributed by atoms with Crippen LogP contribution in [0.2, 0.25) is 0 Å². The van der Waals surface area contributed by atoms with Gasteiger partial charge in [-0.3, -0.25) is 4.99 Å². The fourth-order valence-corrected chi connectivity index (χ4v) is 2.20. The van der Waals surface area contributed by atoms with Gasteiger partial charge in [-0.15, -0.1) is 0 Å². The molecule has 2 N–H and O–H groups in total. The maximum absolute atomic E-state index is 5.69. The van der Waals surface area contributed by atoms with Gasteiger partial charge in [0.15, 0.2) is 17.5 Å². The quantitative estimate of drug-likeness (QED) is 0.415. The van der Waals surface area contributed by atoms with Crippen molar-refractivity contribution in [3.05, 3.63) is 23.8 Å². The highest BCUT2D eigenvalue weighted by atomic mass is 16.5. The molecule has 1 rings (SSSR count). The highest BCUT2D eigenvalue weighted by Crippen LogP contribution is 2.30. The Morgan fingerprint density at radius 3 is 2.43 bits per heavy atom. The molecule has 5 heteroatoms. The zero-order chi connectivity index (χ0) is 17.1. The van der Waals surface area contributed by atoms with E-state index in [9.17, 15) is 0 Å². The minimum atomic E-state index is 0.123. The van der Waals surface area contributed by atoms with Crippen LogP contribution >= 0.6 is 0 Å². The standard InChI is InChI=1S/C18H31N3O2/c1-6-9-12-20-18(19-5)21-14(4)15-10-11-16(22-7-2)17(13-15)23-8-3/h10-11,13-14H,6-9,12H2,1-5H3,(H2,19,20,21). The zero-order valence-electron chi connectivity index (χ0n) is 15.1. The van der Waals surface area contributed by atoms with E-state index in [1.807, 2.05) is 26.0 Å². The highest BCUT2D eigenvalue weighted by Gasteiger charge is 2.12. The summed E-state index contributed by atoms with van der Waals surface area (Å²) >= 11 is 0. The zero-order valence-corrected chi connectivity index (χ0v) is 15.1. The van der Waals surface area contributed by atoms with Gasteiger partial charge < -0.3 is 20.1 Å². The van der Waals surface area contributed by atoms with E-state index in [4.69, 9.17) is 9.47 Å². The molecule has 1 aromatic rings. The average Bonchev–Trinajstić information content (AvgIpc) is 2.56. The third kappa shape index (κ3) is 6.38. The number of benzene rings is 1. The molecular weight excluding hydrogens is 290 g/mol. The lowest BCUT2D eigenvalue weighted by atomic mass is 10.1. The number of hydrogen-bond acceptors (Lipinski definition) is 3. The number of unbranched alkanes of at least 4 members (excludes halogenated alkanes) is 1. The van der Waals surface area contributed by atoms with Crippen LogP contribution in [0, 0.1) is 0 Å². The molecular formula is C18H31N3O2. The van der Waals surface area contributed by atoms with E-state index >= 15 is 0 Å². The molecule has 1 atom stereocenters. The van der Waals surface area contributed by atoms with Crippen LogP contribution in [-0.2, 0) is 0 Å². The second-order valence-corrected chi connectivity index (χ2v) is 5.29. The van der Waals surface area contributed by atoms with Gasteiger partial charge in [0.25, 0.3) is 0 Å². The van der Waals surface area contributed by atoms with Crippen molar-refractivity contribution in [3.8, 4) is 11.5 Å². The molecule has 5 nitrogen and oxygen atoms in total. The average molecular weight is 321 g/mol. The summed E-state index contributed by atoms with van der Waals surface area (Å²) in [4.78, 5) is 4.27. The first kappa shape index (κ1) is 19.1. The predicted octanol–water partition coefficient (Wildman–Crippen LogP) is 3.51. The monoisotopic (exact) mass is 321 g/mol. The fourth-order valence-electron chi connectivity index (χ4n) is 2.20. The van der Waals surface area contributed by atoms with Gasteiger partial charge in [0.2, 0.25) is 0 Å². The summed E-state index contributed by atoms with van der Waals surface area (Å²) in [5, 5.41) is 6.73. The summed E-state index contributed by atoms with van der Waals surface area (Å²) in [6.07, 6.45) is 2.29. The van der Waals surface area contributed by atoms with Crippen molar-refractivity contribution in [2.24, 2.45) is 4.99 Å². The van der Waals surface area contributed by atoms with E-state index in [-0.39, 0.29) is 6.04 Å². The van der Waals surface area contributed by atoms with Crippen molar-refractivity contribution in [1.82, 2.24) is 10.6 Å². The number of nitrogens with one attached hydrogen (secondary N) is 2. The fraction of sp³-hybridized carbons (Fsp3) is 0.611. The van der Waals surface area contributed by atoms with Crippen LogP contribution in [0.3, 0.4) is 0 Å². The van der Waals surface area contributed by atoms with Gasteiger partial charge in [-0.2, -0.15) is 0 Å². The number of nitrogens with zero attached hydrogens (tertiary/aromatic N) is 1. The van der Waals surface area contributed by atoms with Crippen LogP contribution < -0.4 is 20.1 Å². The largest absolute Gasteiger partial charge is 0.490 e.